The largest absolute Gasteiger partial charge is 0.488 e. The Morgan fingerprint density at radius 1 is 1.04 bits per heavy atom. The van der Waals surface area contributed by atoms with Crippen molar-refractivity contribution in [3.05, 3.63) is 64.7 Å². The Hall–Kier alpha value is -2.57. The van der Waals surface area contributed by atoms with E-state index < -0.39 is 0 Å². The van der Waals surface area contributed by atoms with Gasteiger partial charge in [-0.15, -0.1) is 0 Å². The number of amides is 2. The van der Waals surface area contributed by atoms with Gasteiger partial charge < -0.3 is 20.1 Å². The number of nitrogens with one attached hydrogen (secondary N) is 2. The summed E-state index contributed by atoms with van der Waals surface area (Å²) in [7, 11) is 1.55. The van der Waals surface area contributed by atoms with Crippen LogP contribution in [0.1, 0.15) is 15.9 Å². The van der Waals surface area contributed by atoms with Crippen molar-refractivity contribution in [1.29, 1.82) is 0 Å². The van der Waals surface area contributed by atoms with Crippen LogP contribution in [0.2, 0.25) is 5.02 Å². The van der Waals surface area contributed by atoms with Crippen LogP contribution in [0.4, 0.5) is 0 Å². The first-order valence-electron chi connectivity index (χ1n) is 8.11. The van der Waals surface area contributed by atoms with Crippen molar-refractivity contribution in [2.75, 3.05) is 26.8 Å². The summed E-state index contributed by atoms with van der Waals surface area (Å²) in [5.41, 5.74) is 1.17. The summed E-state index contributed by atoms with van der Waals surface area (Å²) in [5.74, 6) is -0.253. The van der Waals surface area contributed by atoms with Gasteiger partial charge >= 0.3 is 0 Å². The number of para-hydroxylation sites is 1. The van der Waals surface area contributed by atoms with Gasteiger partial charge in [0.05, 0.1) is 18.7 Å². The summed E-state index contributed by atoms with van der Waals surface area (Å²) in [5, 5.41) is 5.81. The highest BCUT2D eigenvalue weighted by molar-refractivity contribution is 6.31. The lowest BCUT2D eigenvalue weighted by molar-refractivity contribution is -0.120. The zero-order valence-corrected chi connectivity index (χ0v) is 15.2. The first kappa shape index (κ1) is 19.8. The van der Waals surface area contributed by atoms with Crippen LogP contribution in [0.25, 0.3) is 0 Å². The SMILES string of the molecule is COCCNC(=O)CNC(=O)c1ccccc1OCc1ccccc1Cl. The molecular weight excluding hydrogens is 356 g/mol. The molecule has 0 aromatic heterocycles. The molecule has 2 aromatic rings. The number of hydrogen-bond acceptors (Lipinski definition) is 4. The molecule has 0 bridgehead atoms. The maximum absolute atomic E-state index is 12.4. The lowest BCUT2D eigenvalue weighted by Gasteiger charge is -2.12. The third-order valence-electron chi connectivity index (χ3n) is 3.51. The van der Waals surface area contributed by atoms with Crippen LogP contribution in [-0.2, 0) is 16.1 Å². The monoisotopic (exact) mass is 376 g/mol. The van der Waals surface area contributed by atoms with Crippen molar-refractivity contribution in [2.45, 2.75) is 6.61 Å². The maximum Gasteiger partial charge on any atom is 0.255 e. The van der Waals surface area contributed by atoms with Crippen molar-refractivity contribution >= 4 is 23.4 Å². The lowest BCUT2D eigenvalue weighted by atomic mass is 10.2. The number of carbonyl (C=O) groups excluding carboxylic acids is 2. The molecule has 0 atom stereocenters. The van der Waals surface area contributed by atoms with E-state index in [1.54, 1.807) is 37.4 Å². The molecule has 0 heterocycles. The van der Waals surface area contributed by atoms with Crippen LogP contribution in [0.5, 0.6) is 5.75 Å². The van der Waals surface area contributed by atoms with Gasteiger partial charge in [-0.1, -0.05) is 41.9 Å². The molecule has 26 heavy (non-hydrogen) atoms. The van der Waals surface area contributed by atoms with Gasteiger partial charge in [-0.25, -0.2) is 0 Å². The van der Waals surface area contributed by atoms with E-state index in [1.807, 2.05) is 18.2 Å². The number of methoxy groups -OCH3 is 1. The minimum absolute atomic E-state index is 0.124. The topological polar surface area (TPSA) is 76.7 Å². The van der Waals surface area contributed by atoms with Crippen molar-refractivity contribution in [3.63, 3.8) is 0 Å². The second-order valence-electron chi connectivity index (χ2n) is 5.40. The molecule has 138 valence electrons. The van der Waals surface area contributed by atoms with Gasteiger partial charge in [0.15, 0.2) is 0 Å². The van der Waals surface area contributed by atoms with E-state index in [4.69, 9.17) is 21.1 Å². The minimum atomic E-state index is -0.387. The Morgan fingerprint density at radius 2 is 1.77 bits per heavy atom. The van der Waals surface area contributed by atoms with E-state index in [1.165, 1.54) is 0 Å². The second kappa shape index (κ2) is 10.4. The first-order chi connectivity index (χ1) is 12.6. The number of carbonyl (C=O) groups is 2. The molecule has 7 heteroatoms. The Bertz CT molecular complexity index is 752. The van der Waals surface area contributed by atoms with Crippen molar-refractivity contribution in [2.24, 2.45) is 0 Å². The molecule has 2 amide bonds. The second-order valence-corrected chi connectivity index (χ2v) is 5.81. The molecule has 0 aliphatic rings. The Labute approximate surface area is 157 Å². The molecule has 6 nitrogen and oxygen atoms in total. The van der Waals surface area contributed by atoms with Crippen LogP contribution in [0.15, 0.2) is 48.5 Å². The molecule has 0 saturated heterocycles. The van der Waals surface area contributed by atoms with E-state index in [-0.39, 0.29) is 25.0 Å². The highest BCUT2D eigenvalue weighted by atomic mass is 35.5. The van der Waals surface area contributed by atoms with Crippen LogP contribution < -0.4 is 15.4 Å². The minimum Gasteiger partial charge on any atom is -0.488 e. The number of rotatable bonds is 9. The standard InChI is InChI=1S/C19H21ClN2O4/c1-25-11-10-21-18(23)12-22-19(24)15-7-3-5-9-17(15)26-13-14-6-2-4-8-16(14)20/h2-9H,10-13H2,1H3,(H,21,23)(H,22,24). The van der Waals surface area contributed by atoms with E-state index in [0.29, 0.717) is 29.5 Å². The summed E-state index contributed by atoms with van der Waals surface area (Å²) in [6, 6.07) is 14.2. The third kappa shape index (κ3) is 6.06. The van der Waals surface area contributed by atoms with E-state index in [2.05, 4.69) is 10.6 Å². The van der Waals surface area contributed by atoms with Gasteiger partial charge in [0.2, 0.25) is 5.91 Å². The highest BCUT2D eigenvalue weighted by Crippen LogP contribution is 2.21. The average Bonchev–Trinajstić information content (AvgIpc) is 2.66. The van der Waals surface area contributed by atoms with Gasteiger partial charge in [-0.2, -0.15) is 0 Å². The number of ether oxygens (including phenoxy) is 2. The smallest absolute Gasteiger partial charge is 0.255 e. The Morgan fingerprint density at radius 3 is 2.54 bits per heavy atom. The normalized spacial score (nSPS) is 10.2. The predicted octanol–water partition coefficient (Wildman–Crippen LogP) is 2.41. The van der Waals surface area contributed by atoms with Gasteiger partial charge in [0.1, 0.15) is 12.4 Å². The molecule has 2 rings (SSSR count). The highest BCUT2D eigenvalue weighted by Gasteiger charge is 2.13. The summed E-state index contributed by atoms with van der Waals surface area (Å²) in [6.07, 6.45) is 0. The lowest BCUT2D eigenvalue weighted by Crippen LogP contribution is -2.38. The fourth-order valence-electron chi connectivity index (χ4n) is 2.16. The molecule has 0 aliphatic carbocycles. The number of benzene rings is 2. The molecule has 0 aliphatic heterocycles. The van der Waals surface area contributed by atoms with E-state index in [9.17, 15) is 9.59 Å². The number of halogens is 1. The van der Waals surface area contributed by atoms with Gasteiger partial charge in [-0.05, 0) is 18.2 Å². The van der Waals surface area contributed by atoms with Crippen LogP contribution in [0, 0.1) is 0 Å². The van der Waals surface area contributed by atoms with Gasteiger partial charge in [0, 0.05) is 24.2 Å². The molecule has 2 aromatic carbocycles. The summed E-state index contributed by atoms with van der Waals surface area (Å²) in [4.78, 5) is 24.0. The Kier molecular flexibility index (Phi) is 7.92. The summed E-state index contributed by atoms with van der Waals surface area (Å²) < 4.78 is 10.6. The maximum atomic E-state index is 12.4. The van der Waals surface area contributed by atoms with Crippen LogP contribution in [0.3, 0.4) is 0 Å². The predicted molar refractivity (Wildman–Crippen MR) is 99.4 cm³/mol. The van der Waals surface area contributed by atoms with Crippen LogP contribution >= 0.6 is 11.6 Å². The van der Waals surface area contributed by atoms with Crippen molar-refractivity contribution < 1.29 is 19.1 Å². The first-order valence-corrected chi connectivity index (χ1v) is 8.48. The van der Waals surface area contributed by atoms with Gasteiger partial charge in [-0.3, -0.25) is 9.59 Å². The summed E-state index contributed by atoms with van der Waals surface area (Å²) in [6.45, 7) is 0.921. The summed E-state index contributed by atoms with van der Waals surface area (Å²) >= 11 is 6.12. The van der Waals surface area contributed by atoms with Gasteiger partial charge in [0.25, 0.3) is 5.91 Å². The molecule has 0 radical (unpaired) electrons. The molecule has 0 spiro atoms. The van der Waals surface area contributed by atoms with E-state index >= 15 is 0 Å². The number of hydrogen-bond donors (Lipinski definition) is 2. The van der Waals surface area contributed by atoms with E-state index in [0.717, 1.165) is 5.56 Å². The fourth-order valence-corrected chi connectivity index (χ4v) is 2.35. The Balaban J connectivity index is 1.94. The molecule has 0 unspecified atom stereocenters. The quantitative estimate of drug-likeness (QED) is 0.659. The van der Waals surface area contributed by atoms with Crippen molar-refractivity contribution in [1.82, 2.24) is 10.6 Å². The zero-order chi connectivity index (χ0) is 18.8. The van der Waals surface area contributed by atoms with Crippen molar-refractivity contribution in [3.8, 4) is 5.75 Å². The molecule has 0 fully saturated rings. The fraction of sp³-hybridized carbons (Fsp3) is 0.263. The molecular formula is C19H21ClN2O4. The van der Waals surface area contributed by atoms with Crippen LogP contribution in [-0.4, -0.2) is 38.6 Å². The molecule has 0 saturated carbocycles. The third-order valence-corrected chi connectivity index (χ3v) is 3.88. The average molecular weight is 377 g/mol. The zero-order valence-electron chi connectivity index (χ0n) is 14.5. The molecule has 2 N–H and O–H groups in total.